The highest BCUT2D eigenvalue weighted by atomic mass is 16.5. The second-order valence-electron chi connectivity index (χ2n) is 10.1. The van der Waals surface area contributed by atoms with E-state index in [4.69, 9.17) is 4.74 Å². The molecule has 1 aliphatic heterocycles. The van der Waals surface area contributed by atoms with Crippen molar-refractivity contribution in [2.24, 2.45) is 0 Å². The average molecular weight is 526 g/mol. The van der Waals surface area contributed by atoms with Crippen molar-refractivity contribution in [2.45, 2.75) is 19.4 Å². The first-order valence-electron chi connectivity index (χ1n) is 13.1. The molecule has 4 aromatic rings. The van der Waals surface area contributed by atoms with Gasteiger partial charge < -0.3 is 29.7 Å². The number of carbonyl (C=O) groups is 1. The van der Waals surface area contributed by atoms with Gasteiger partial charge in [0, 0.05) is 56.0 Å². The van der Waals surface area contributed by atoms with E-state index in [1.807, 2.05) is 39.3 Å². The molecular weight excluding hydrogens is 490 g/mol. The molecule has 0 fully saturated rings. The van der Waals surface area contributed by atoms with E-state index in [-0.39, 0.29) is 5.91 Å². The molecule has 0 atom stereocenters. The van der Waals surface area contributed by atoms with Gasteiger partial charge in [0.1, 0.15) is 17.9 Å². The third-order valence-electron chi connectivity index (χ3n) is 7.09. The van der Waals surface area contributed by atoms with Crippen LogP contribution in [0.1, 0.15) is 12.0 Å². The molecule has 2 N–H and O–H groups in total. The molecule has 9 nitrogen and oxygen atoms in total. The van der Waals surface area contributed by atoms with Gasteiger partial charge in [-0.05, 0) is 44.6 Å². The number of hydrogen-bond donors (Lipinski definition) is 2. The molecule has 1 aliphatic rings. The lowest BCUT2D eigenvalue weighted by Gasteiger charge is -2.26. The second-order valence-corrected chi connectivity index (χ2v) is 10.1. The Bertz CT molecular complexity index is 1530. The van der Waals surface area contributed by atoms with Crippen molar-refractivity contribution < 1.29 is 9.53 Å². The summed E-state index contributed by atoms with van der Waals surface area (Å²) in [5.41, 5.74) is 6.77. The maximum atomic E-state index is 12.3. The Morgan fingerprint density at radius 1 is 1.15 bits per heavy atom. The van der Waals surface area contributed by atoms with Crippen LogP contribution in [0.4, 0.5) is 22.9 Å². The van der Waals surface area contributed by atoms with Crippen molar-refractivity contribution in [1.82, 2.24) is 19.4 Å². The largest absolute Gasteiger partial charge is 0.494 e. The predicted molar refractivity (Wildman–Crippen MR) is 158 cm³/mol. The number of anilines is 4. The summed E-state index contributed by atoms with van der Waals surface area (Å²) in [6, 6.07) is 12.2. The van der Waals surface area contributed by atoms with Crippen LogP contribution in [-0.2, 0) is 17.8 Å². The van der Waals surface area contributed by atoms with Gasteiger partial charge in [-0.1, -0.05) is 24.8 Å². The van der Waals surface area contributed by atoms with Crippen LogP contribution in [0.2, 0.25) is 0 Å². The lowest BCUT2D eigenvalue weighted by Crippen LogP contribution is -2.29. The predicted octanol–water partition coefficient (Wildman–Crippen LogP) is 4.92. The summed E-state index contributed by atoms with van der Waals surface area (Å²) < 4.78 is 8.09. The minimum absolute atomic E-state index is 0.286. The highest BCUT2D eigenvalue weighted by Crippen LogP contribution is 2.39. The number of nitrogens with one attached hydrogen (secondary N) is 2. The topological polar surface area (TPSA) is 87.5 Å². The number of aryl methyl sites for hydroxylation is 2. The van der Waals surface area contributed by atoms with Crippen LogP contribution in [-0.4, -0.2) is 66.7 Å². The summed E-state index contributed by atoms with van der Waals surface area (Å²) in [5.74, 6) is 0.969. The molecule has 39 heavy (non-hydrogen) atoms. The lowest BCUT2D eigenvalue weighted by atomic mass is 10.0. The van der Waals surface area contributed by atoms with E-state index in [0.29, 0.717) is 22.9 Å². The third-order valence-corrected chi connectivity index (χ3v) is 7.09. The summed E-state index contributed by atoms with van der Waals surface area (Å²) in [4.78, 5) is 25.6. The van der Waals surface area contributed by atoms with E-state index in [2.05, 4.69) is 65.9 Å². The molecule has 1 amide bonds. The number of nitrogens with zero attached hydrogens (tertiary/aromatic N) is 5. The molecule has 0 aliphatic carbocycles. The molecule has 202 valence electrons. The van der Waals surface area contributed by atoms with Gasteiger partial charge in [0.25, 0.3) is 0 Å². The van der Waals surface area contributed by atoms with Crippen LogP contribution >= 0.6 is 0 Å². The van der Waals surface area contributed by atoms with E-state index in [1.54, 1.807) is 13.4 Å². The summed E-state index contributed by atoms with van der Waals surface area (Å²) in [7, 11) is 7.68. The van der Waals surface area contributed by atoms with Crippen LogP contribution in [0, 0.1) is 0 Å². The Morgan fingerprint density at radius 3 is 2.77 bits per heavy atom. The van der Waals surface area contributed by atoms with Crippen molar-refractivity contribution >= 4 is 39.7 Å². The summed E-state index contributed by atoms with van der Waals surface area (Å²) in [6.45, 7) is 6.23. The van der Waals surface area contributed by atoms with Crippen LogP contribution in [0.25, 0.3) is 22.2 Å². The van der Waals surface area contributed by atoms with E-state index < -0.39 is 0 Å². The number of hydrogen-bond acceptors (Lipinski definition) is 7. The van der Waals surface area contributed by atoms with Gasteiger partial charge in [0.15, 0.2) is 0 Å². The normalized spacial score (nSPS) is 12.4. The number of aromatic nitrogens is 3. The van der Waals surface area contributed by atoms with Gasteiger partial charge in [-0.3, -0.25) is 4.79 Å². The summed E-state index contributed by atoms with van der Waals surface area (Å²) >= 11 is 0. The minimum Gasteiger partial charge on any atom is -0.494 e. The molecule has 0 bridgehead atoms. The number of amides is 1. The molecule has 0 radical (unpaired) electrons. The zero-order valence-electron chi connectivity index (χ0n) is 23.0. The van der Waals surface area contributed by atoms with Gasteiger partial charge in [-0.25, -0.2) is 9.97 Å². The molecule has 0 saturated heterocycles. The first-order chi connectivity index (χ1) is 18.9. The molecule has 0 unspecified atom stereocenters. The Morgan fingerprint density at radius 2 is 2.00 bits per heavy atom. The summed E-state index contributed by atoms with van der Waals surface area (Å²) in [6.07, 6.45) is 7.27. The lowest BCUT2D eigenvalue weighted by molar-refractivity contribution is -0.111. The van der Waals surface area contributed by atoms with Crippen molar-refractivity contribution in [3.8, 4) is 17.0 Å². The smallest absolute Gasteiger partial charge is 0.247 e. The number of likely N-dealkylation sites (N-methyl/N-ethyl adjacent to an activating group) is 2. The zero-order chi connectivity index (χ0) is 27.5. The fourth-order valence-electron chi connectivity index (χ4n) is 5.08. The molecule has 0 spiro atoms. The van der Waals surface area contributed by atoms with Crippen LogP contribution in [0.15, 0.2) is 61.6 Å². The number of para-hydroxylation sites is 1. The Kier molecular flexibility index (Phi) is 7.51. The fourth-order valence-corrected chi connectivity index (χ4v) is 5.08. The van der Waals surface area contributed by atoms with Crippen LogP contribution in [0.3, 0.4) is 0 Å². The van der Waals surface area contributed by atoms with E-state index in [0.717, 1.165) is 49.4 Å². The molecule has 5 rings (SSSR count). The number of benzene rings is 2. The van der Waals surface area contributed by atoms with Crippen molar-refractivity contribution in [3.63, 3.8) is 0 Å². The van der Waals surface area contributed by atoms with Gasteiger partial charge in [-0.2, -0.15) is 0 Å². The molecule has 3 heterocycles. The van der Waals surface area contributed by atoms with Crippen LogP contribution < -0.4 is 20.3 Å². The first-order valence-corrected chi connectivity index (χ1v) is 13.1. The standard InChI is InChI=1S/C30H35N7O2/c1-6-29(38)34-24-15-25(27(39-5)17-26(24)36(4)14-13-35(2)3)33-28-16-23(31-19-32-28)22-18-37-12-8-10-20-9-7-11-21(22)30(20)37/h6-7,9,11,15-19H,1,8,10,12-14H2,2-5H3,(H,34,38)(H,31,32,33). The van der Waals surface area contributed by atoms with E-state index in [9.17, 15) is 4.79 Å². The average Bonchev–Trinajstić information content (AvgIpc) is 3.32. The number of carbonyl (C=O) groups excluding carboxylic acids is 1. The Labute approximate surface area is 229 Å². The minimum atomic E-state index is -0.286. The highest BCUT2D eigenvalue weighted by molar-refractivity contribution is 6.02. The maximum Gasteiger partial charge on any atom is 0.247 e. The molecule has 0 saturated carbocycles. The number of rotatable bonds is 10. The van der Waals surface area contributed by atoms with Crippen LogP contribution in [0.5, 0.6) is 5.75 Å². The van der Waals surface area contributed by atoms with E-state index >= 15 is 0 Å². The monoisotopic (exact) mass is 525 g/mol. The highest BCUT2D eigenvalue weighted by Gasteiger charge is 2.19. The molecule has 2 aromatic carbocycles. The van der Waals surface area contributed by atoms with Gasteiger partial charge in [-0.15, -0.1) is 0 Å². The zero-order valence-corrected chi connectivity index (χ0v) is 23.0. The second kappa shape index (κ2) is 11.2. The van der Waals surface area contributed by atoms with Crippen molar-refractivity contribution in [3.05, 3.63) is 67.1 Å². The third kappa shape index (κ3) is 5.44. The SMILES string of the molecule is C=CC(=O)Nc1cc(Nc2cc(-c3cn4c5c(cccc35)CCC4)ncn2)c(OC)cc1N(C)CCN(C)C. The number of methoxy groups -OCH3 is 1. The molecule has 2 aromatic heterocycles. The Hall–Kier alpha value is -4.37. The fraction of sp³-hybridized carbons (Fsp3) is 0.300. The van der Waals surface area contributed by atoms with Crippen molar-refractivity contribution in [2.75, 3.05) is 56.9 Å². The first kappa shape index (κ1) is 26.2. The summed E-state index contributed by atoms with van der Waals surface area (Å²) in [5, 5.41) is 7.53. The van der Waals surface area contributed by atoms with Crippen molar-refractivity contribution in [1.29, 1.82) is 0 Å². The number of ether oxygens (including phenoxy) is 1. The molecule has 9 heteroatoms. The molecular formula is C30H35N7O2. The quantitative estimate of drug-likeness (QED) is 0.284. The maximum absolute atomic E-state index is 12.3. The van der Waals surface area contributed by atoms with E-state index in [1.165, 1.54) is 22.5 Å². The van der Waals surface area contributed by atoms with Gasteiger partial charge in [0.2, 0.25) is 5.91 Å². The Balaban J connectivity index is 1.50. The van der Waals surface area contributed by atoms with Gasteiger partial charge in [0.05, 0.1) is 35.4 Å². The van der Waals surface area contributed by atoms with Gasteiger partial charge >= 0.3 is 0 Å².